The van der Waals surface area contributed by atoms with Crippen LogP contribution in [0.25, 0.3) is 0 Å². The van der Waals surface area contributed by atoms with Gasteiger partial charge in [-0.15, -0.1) is 25.3 Å². The van der Waals surface area contributed by atoms with E-state index in [-0.39, 0.29) is 0 Å². The number of aliphatic hydroxyl groups is 4. The standard InChI is InChI=1S/C5H12O4.C3H6O2S4/c6-1-5(2-7,3-8)4-9;4-1(5)3(8,9)2(6)7/h6-9H,1-4H2;2,6-9H,(H,4,5). The van der Waals surface area contributed by atoms with Crippen LogP contribution in [0.15, 0.2) is 0 Å². The van der Waals surface area contributed by atoms with E-state index in [0.717, 1.165) is 0 Å². The minimum absolute atomic E-state index is 0.406. The van der Waals surface area contributed by atoms with Gasteiger partial charge in [-0.1, -0.05) is 0 Å². The molecule has 0 saturated heterocycles. The van der Waals surface area contributed by atoms with E-state index in [1.165, 1.54) is 0 Å². The average Bonchev–Trinajstić information content (AvgIpc) is 2.33. The molecule has 0 amide bonds. The molecule has 0 aliphatic rings. The van der Waals surface area contributed by atoms with Crippen LogP contribution in [-0.2, 0) is 4.79 Å². The number of carbonyl (C=O) groups is 1. The summed E-state index contributed by atoms with van der Waals surface area (Å²) >= 11 is 14.9. The molecule has 18 heavy (non-hydrogen) atoms. The maximum atomic E-state index is 10.2. The van der Waals surface area contributed by atoms with Crippen molar-refractivity contribution >= 4 is 56.5 Å². The second-order valence-electron chi connectivity index (χ2n) is 3.54. The molecule has 0 aromatic carbocycles. The molecule has 0 aliphatic carbocycles. The van der Waals surface area contributed by atoms with Crippen molar-refractivity contribution in [3.63, 3.8) is 0 Å². The van der Waals surface area contributed by atoms with E-state index in [4.69, 9.17) is 25.5 Å². The zero-order valence-electron chi connectivity index (χ0n) is 9.34. The van der Waals surface area contributed by atoms with E-state index in [1.54, 1.807) is 0 Å². The maximum Gasteiger partial charge on any atom is 0.331 e. The number of hydrogen-bond acceptors (Lipinski definition) is 9. The van der Waals surface area contributed by atoms with Gasteiger partial charge < -0.3 is 25.5 Å². The van der Waals surface area contributed by atoms with Crippen molar-refractivity contribution in [1.29, 1.82) is 0 Å². The minimum atomic E-state index is -1.47. The molecular formula is C8H18O6S4. The Morgan fingerprint density at radius 1 is 0.944 bits per heavy atom. The fourth-order valence-corrected chi connectivity index (χ4v) is 0.631. The average molecular weight is 338 g/mol. The number of rotatable bonds is 6. The molecular weight excluding hydrogens is 320 g/mol. The van der Waals surface area contributed by atoms with Gasteiger partial charge in [-0.3, -0.25) is 0 Å². The fourth-order valence-electron chi connectivity index (χ4n) is 0.410. The molecule has 0 unspecified atom stereocenters. The Kier molecular flexibility index (Phi) is 11.2. The van der Waals surface area contributed by atoms with Gasteiger partial charge in [-0.05, 0) is 0 Å². The summed E-state index contributed by atoms with van der Waals surface area (Å²) in [5.41, 5.74) is -1.11. The Morgan fingerprint density at radius 2 is 1.22 bits per heavy atom. The molecule has 0 aliphatic heterocycles. The molecule has 5 N–H and O–H groups in total. The quantitative estimate of drug-likeness (QED) is 0.221. The number of carboxylic acids is 1. The summed E-state index contributed by atoms with van der Waals surface area (Å²) in [5, 5.41) is 42.3. The summed E-state index contributed by atoms with van der Waals surface area (Å²) in [6.45, 7) is -1.62. The number of aliphatic hydroxyl groups excluding tert-OH is 4. The lowest BCUT2D eigenvalue weighted by Gasteiger charge is -2.23. The second kappa shape index (κ2) is 9.59. The first-order chi connectivity index (χ1) is 8.13. The van der Waals surface area contributed by atoms with E-state index in [0.29, 0.717) is 0 Å². The second-order valence-corrected chi connectivity index (χ2v) is 6.74. The van der Waals surface area contributed by atoms with Crippen LogP contribution in [0.3, 0.4) is 0 Å². The molecule has 0 spiro atoms. The number of thiol groups is 4. The van der Waals surface area contributed by atoms with Crippen molar-refractivity contribution in [2.45, 2.75) is 8.66 Å². The lowest BCUT2D eigenvalue weighted by atomic mass is 9.93. The number of hydrogen-bond donors (Lipinski definition) is 9. The highest BCUT2D eigenvalue weighted by atomic mass is 32.2. The van der Waals surface area contributed by atoms with Crippen molar-refractivity contribution in [3.8, 4) is 0 Å². The topological polar surface area (TPSA) is 118 Å². The van der Waals surface area contributed by atoms with Crippen LogP contribution in [0, 0.1) is 5.41 Å². The molecule has 0 bridgehead atoms. The molecule has 110 valence electrons. The van der Waals surface area contributed by atoms with Gasteiger partial charge in [0.2, 0.25) is 0 Å². The van der Waals surface area contributed by atoms with Gasteiger partial charge in [0.1, 0.15) is 0 Å². The molecule has 0 heterocycles. The van der Waals surface area contributed by atoms with E-state index in [2.05, 4.69) is 50.5 Å². The van der Waals surface area contributed by atoms with Gasteiger partial charge in [0.15, 0.2) is 4.08 Å². The van der Waals surface area contributed by atoms with Crippen LogP contribution in [0.1, 0.15) is 0 Å². The van der Waals surface area contributed by atoms with Gasteiger partial charge in [0.05, 0.1) is 36.4 Å². The first kappa shape index (κ1) is 21.0. The highest BCUT2D eigenvalue weighted by Crippen LogP contribution is 2.30. The highest BCUT2D eigenvalue weighted by molar-refractivity contribution is 8.08. The van der Waals surface area contributed by atoms with Crippen molar-refractivity contribution in [2.24, 2.45) is 5.41 Å². The maximum absolute atomic E-state index is 10.2. The summed E-state index contributed by atoms with van der Waals surface area (Å²) in [5.74, 6) is -1.15. The smallest absolute Gasteiger partial charge is 0.331 e. The van der Waals surface area contributed by atoms with Gasteiger partial charge in [-0.25, -0.2) is 4.79 Å². The lowest BCUT2D eigenvalue weighted by Crippen LogP contribution is -2.37. The molecule has 0 atom stereocenters. The highest BCUT2D eigenvalue weighted by Gasteiger charge is 2.35. The first-order valence-corrected chi connectivity index (χ1v) is 6.54. The van der Waals surface area contributed by atoms with Gasteiger partial charge in [0, 0.05) is 0 Å². The SMILES string of the molecule is O=C(O)C(S)(S)C(S)S.OCC(CO)(CO)CO. The molecule has 0 radical (unpaired) electrons. The molecule has 0 saturated carbocycles. The van der Waals surface area contributed by atoms with Crippen LogP contribution >= 0.6 is 50.5 Å². The largest absolute Gasteiger partial charge is 0.480 e. The zero-order chi connectivity index (χ0) is 15.0. The van der Waals surface area contributed by atoms with Crippen LogP contribution in [-0.4, -0.2) is 66.6 Å². The summed E-state index contributed by atoms with van der Waals surface area (Å²) in [7, 11) is 0. The Morgan fingerprint density at radius 3 is 1.22 bits per heavy atom. The van der Waals surface area contributed by atoms with E-state index in [9.17, 15) is 4.79 Å². The fraction of sp³-hybridized carbons (Fsp3) is 0.875. The first-order valence-electron chi connectivity index (χ1n) is 4.61. The molecule has 6 nitrogen and oxygen atoms in total. The third-order valence-electron chi connectivity index (χ3n) is 2.02. The van der Waals surface area contributed by atoms with Crippen molar-refractivity contribution in [2.75, 3.05) is 26.4 Å². The van der Waals surface area contributed by atoms with Gasteiger partial charge in [-0.2, -0.15) is 25.3 Å². The zero-order valence-corrected chi connectivity index (χ0v) is 12.9. The molecule has 0 aromatic rings. The van der Waals surface area contributed by atoms with Crippen molar-refractivity contribution < 1.29 is 30.3 Å². The van der Waals surface area contributed by atoms with Crippen LogP contribution in [0.2, 0.25) is 0 Å². The Balaban J connectivity index is 0. The molecule has 10 heteroatoms. The summed E-state index contributed by atoms with van der Waals surface area (Å²) in [4.78, 5) is 10.2. The van der Waals surface area contributed by atoms with Gasteiger partial charge in [0.25, 0.3) is 0 Å². The van der Waals surface area contributed by atoms with Crippen molar-refractivity contribution in [1.82, 2.24) is 0 Å². The van der Waals surface area contributed by atoms with Gasteiger partial charge >= 0.3 is 5.97 Å². The Hall–Kier alpha value is 0.710. The Labute approximate surface area is 127 Å². The molecule has 0 rings (SSSR count). The van der Waals surface area contributed by atoms with E-state index >= 15 is 0 Å². The third-order valence-corrected chi connectivity index (χ3v) is 4.50. The summed E-state index contributed by atoms with van der Waals surface area (Å²) in [6.07, 6.45) is 0. The number of carboxylic acid groups (broad SMARTS) is 1. The normalized spacial score (nSPS) is 12.1. The predicted molar refractivity (Wildman–Crippen MR) is 80.9 cm³/mol. The Bertz CT molecular complexity index is 226. The number of aliphatic carboxylic acids is 1. The van der Waals surface area contributed by atoms with E-state index in [1.807, 2.05) is 0 Å². The van der Waals surface area contributed by atoms with E-state index < -0.39 is 46.5 Å². The van der Waals surface area contributed by atoms with Crippen LogP contribution in [0.4, 0.5) is 0 Å². The lowest BCUT2D eigenvalue weighted by molar-refractivity contribution is -0.136. The minimum Gasteiger partial charge on any atom is -0.480 e. The monoisotopic (exact) mass is 338 g/mol. The third kappa shape index (κ3) is 6.75. The summed E-state index contributed by atoms with van der Waals surface area (Å²) in [6, 6.07) is 0. The molecule has 0 aromatic heterocycles. The van der Waals surface area contributed by atoms with Crippen LogP contribution < -0.4 is 0 Å². The molecule has 0 fully saturated rings. The summed E-state index contributed by atoms with van der Waals surface area (Å²) < 4.78 is -2.16. The van der Waals surface area contributed by atoms with Crippen LogP contribution in [0.5, 0.6) is 0 Å². The van der Waals surface area contributed by atoms with Crippen molar-refractivity contribution in [3.05, 3.63) is 0 Å². The predicted octanol–water partition coefficient (Wildman–Crippen LogP) is -1.25.